The fourth-order valence-electron chi connectivity index (χ4n) is 4.02. The van der Waals surface area contributed by atoms with E-state index in [1.54, 1.807) is 29.0 Å². The molecule has 30 heavy (non-hydrogen) atoms. The number of benzene rings is 2. The van der Waals surface area contributed by atoms with Crippen molar-refractivity contribution in [3.8, 4) is 11.5 Å². The van der Waals surface area contributed by atoms with Gasteiger partial charge in [-0.1, -0.05) is 12.1 Å². The number of nitrogens with zero attached hydrogens (tertiary/aromatic N) is 3. The van der Waals surface area contributed by atoms with Crippen molar-refractivity contribution in [2.24, 2.45) is 5.92 Å². The molecule has 1 atom stereocenters. The Balaban J connectivity index is 1.28. The van der Waals surface area contributed by atoms with E-state index in [2.05, 4.69) is 9.97 Å². The molecule has 1 fully saturated rings. The third kappa shape index (κ3) is 3.34. The SMILES string of the molecule is CN(Cc1nc2ccccc2[nH]1)C(=O)C1CC(=O)N(c2ccc3c(c2)OCCO3)C1. The van der Waals surface area contributed by atoms with Gasteiger partial charge >= 0.3 is 0 Å². The van der Waals surface area contributed by atoms with E-state index in [9.17, 15) is 9.59 Å². The van der Waals surface area contributed by atoms with Crippen LogP contribution in [-0.2, 0) is 16.1 Å². The van der Waals surface area contributed by atoms with Gasteiger partial charge in [0, 0.05) is 31.8 Å². The molecule has 2 aromatic carbocycles. The summed E-state index contributed by atoms with van der Waals surface area (Å²) in [6, 6.07) is 13.2. The topological polar surface area (TPSA) is 87.8 Å². The van der Waals surface area contributed by atoms with Gasteiger partial charge in [0.05, 0.1) is 23.5 Å². The van der Waals surface area contributed by atoms with Crippen LogP contribution in [0, 0.1) is 5.92 Å². The average molecular weight is 406 g/mol. The molecule has 5 rings (SSSR count). The number of imidazole rings is 1. The predicted molar refractivity (Wildman–Crippen MR) is 110 cm³/mol. The molecule has 0 spiro atoms. The van der Waals surface area contributed by atoms with Crippen LogP contribution in [-0.4, -0.2) is 53.5 Å². The summed E-state index contributed by atoms with van der Waals surface area (Å²) in [5.41, 5.74) is 2.53. The molecular weight excluding hydrogens is 384 g/mol. The van der Waals surface area contributed by atoms with Gasteiger partial charge in [-0.2, -0.15) is 0 Å². The molecule has 2 aliphatic heterocycles. The second kappa shape index (κ2) is 7.37. The number of para-hydroxylation sites is 2. The normalized spacial score (nSPS) is 18.1. The van der Waals surface area contributed by atoms with Gasteiger partial charge in [-0.25, -0.2) is 4.98 Å². The van der Waals surface area contributed by atoms with Crippen molar-refractivity contribution in [1.29, 1.82) is 0 Å². The Bertz CT molecular complexity index is 1090. The molecule has 1 unspecified atom stereocenters. The molecule has 0 saturated carbocycles. The number of hydrogen-bond donors (Lipinski definition) is 1. The smallest absolute Gasteiger partial charge is 0.228 e. The number of carbonyl (C=O) groups excluding carboxylic acids is 2. The molecule has 0 aliphatic carbocycles. The summed E-state index contributed by atoms with van der Waals surface area (Å²) in [6.45, 7) is 1.71. The predicted octanol–water partition coefficient (Wildman–Crippen LogP) is 2.35. The lowest BCUT2D eigenvalue weighted by molar-refractivity contribution is -0.135. The van der Waals surface area contributed by atoms with Crippen LogP contribution in [0.4, 0.5) is 5.69 Å². The minimum atomic E-state index is -0.389. The number of nitrogens with one attached hydrogen (secondary N) is 1. The lowest BCUT2D eigenvalue weighted by Crippen LogP contribution is -2.34. The Labute approximate surface area is 173 Å². The zero-order valence-corrected chi connectivity index (χ0v) is 16.6. The number of fused-ring (bicyclic) bond motifs is 2. The molecule has 2 amide bonds. The van der Waals surface area contributed by atoms with Gasteiger partial charge in [0.15, 0.2) is 11.5 Å². The van der Waals surface area contributed by atoms with Gasteiger partial charge in [-0.15, -0.1) is 0 Å². The number of carbonyl (C=O) groups is 2. The summed E-state index contributed by atoms with van der Waals surface area (Å²) >= 11 is 0. The highest BCUT2D eigenvalue weighted by molar-refractivity contribution is 6.00. The standard InChI is InChI=1S/C22H22N4O4/c1-25(13-20-23-16-4-2-3-5-17(16)24-20)22(28)14-10-21(27)26(12-14)15-6-7-18-19(11-15)30-9-8-29-18/h2-7,11,14H,8-10,12-13H2,1H3,(H,23,24). The van der Waals surface area contributed by atoms with Crippen molar-refractivity contribution >= 4 is 28.5 Å². The number of anilines is 1. The summed E-state index contributed by atoms with van der Waals surface area (Å²) in [6.07, 6.45) is 0.192. The second-order valence-electron chi connectivity index (χ2n) is 7.63. The van der Waals surface area contributed by atoms with Crippen molar-refractivity contribution in [3.63, 3.8) is 0 Å². The van der Waals surface area contributed by atoms with Crippen molar-refractivity contribution in [1.82, 2.24) is 14.9 Å². The Morgan fingerprint density at radius 3 is 2.83 bits per heavy atom. The molecule has 3 heterocycles. The van der Waals surface area contributed by atoms with E-state index in [0.29, 0.717) is 37.8 Å². The summed E-state index contributed by atoms with van der Waals surface area (Å²) in [7, 11) is 1.74. The van der Waals surface area contributed by atoms with E-state index >= 15 is 0 Å². The van der Waals surface area contributed by atoms with Crippen molar-refractivity contribution in [2.45, 2.75) is 13.0 Å². The molecule has 0 radical (unpaired) electrons. The van der Waals surface area contributed by atoms with Crippen LogP contribution in [0.5, 0.6) is 11.5 Å². The largest absolute Gasteiger partial charge is 0.486 e. The lowest BCUT2D eigenvalue weighted by atomic mass is 10.1. The fourth-order valence-corrected chi connectivity index (χ4v) is 4.02. The highest BCUT2D eigenvalue weighted by Gasteiger charge is 2.37. The molecule has 1 N–H and O–H groups in total. The third-order valence-corrected chi connectivity index (χ3v) is 5.51. The highest BCUT2D eigenvalue weighted by Crippen LogP contribution is 2.36. The highest BCUT2D eigenvalue weighted by atomic mass is 16.6. The number of H-pyrrole nitrogens is 1. The van der Waals surface area contributed by atoms with Gasteiger partial charge in [0.25, 0.3) is 0 Å². The fraction of sp³-hybridized carbons (Fsp3) is 0.318. The second-order valence-corrected chi connectivity index (χ2v) is 7.63. The first kappa shape index (κ1) is 18.5. The zero-order valence-electron chi connectivity index (χ0n) is 16.6. The van der Waals surface area contributed by atoms with Crippen LogP contribution in [0.3, 0.4) is 0 Å². The van der Waals surface area contributed by atoms with Crippen LogP contribution >= 0.6 is 0 Å². The summed E-state index contributed by atoms with van der Waals surface area (Å²) in [4.78, 5) is 36.6. The third-order valence-electron chi connectivity index (χ3n) is 5.51. The van der Waals surface area contributed by atoms with Crippen molar-refractivity contribution < 1.29 is 19.1 Å². The Hall–Kier alpha value is -3.55. The molecule has 8 heteroatoms. The molecule has 1 saturated heterocycles. The number of rotatable bonds is 4. The summed E-state index contributed by atoms with van der Waals surface area (Å²) in [5, 5.41) is 0. The van der Waals surface area contributed by atoms with Crippen LogP contribution in [0.1, 0.15) is 12.2 Å². The van der Waals surface area contributed by atoms with Crippen LogP contribution in [0.15, 0.2) is 42.5 Å². The van der Waals surface area contributed by atoms with Gasteiger partial charge in [0.1, 0.15) is 19.0 Å². The number of hydrogen-bond acceptors (Lipinski definition) is 5. The minimum absolute atomic E-state index is 0.0659. The molecule has 154 valence electrons. The van der Waals surface area contributed by atoms with Gasteiger partial charge in [-0.3, -0.25) is 9.59 Å². The van der Waals surface area contributed by atoms with Gasteiger partial charge < -0.3 is 24.3 Å². The number of amides is 2. The maximum Gasteiger partial charge on any atom is 0.228 e. The van der Waals surface area contributed by atoms with E-state index in [0.717, 1.165) is 22.5 Å². The Kier molecular flexibility index (Phi) is 4.54. The Morgan fingerprint density at radius 1 is 1.20 bits per heavy atom. The van der Waals surface area contributed by atoms with Crippen molar-refractivity contribution in [3.05, 3.63) is 48.3 Å². The van der Waals surface area contributed by atoms with E-state index < -0.39 is 0 Å². The number of ether oxygens (including phenoxy) is 2. The van der Waals surface area contributed by atoms with Crippen LogP contribution < -0.4 is 14.4 Å². The monoisotopic (exact) mass is 406 g/mol. The average Bonchev–Trinajstić information content (AvgIpc) is 3.35. The quantitative estimate of drug-likeness (QED) is 0.719. The lowest BCUT2D eigenvalue weighted by Gasteiger charge is -2.23. The van der Waals surface area contributed by atoms with Gasteiger partial charge in [-0.05, 0) is 24.3 Å². The number of aromatic nitrogens is 2. The van der Waals surface area contributed by atoms with Crippen molar-refractivity contribution in [2.75, 3.05) is 31.7 Å². The first-order valence-corrected chi connectivity index (χ1v) is 9.97. The summed E-state index contributed by atoms with van der Waals surface area (Å²) < 4.78 is 11.2. The molecule has 3 aromatic rings. The molecular formula is C22H22N4O4. The maximum absolute atomic E-state index is 13.0. The van der Waals surface area contributed by atoms with E-state index in [1.807, 2.05) is 30.3 Å². The van der Waals surface area contributed by atoms with E-state index in [4.69, 9.17) is 9.47 Å². The van der Waals surface area contributed by atoms with Crippen LogP contribution in [0.25, 0.3) is 11.0 Å². The first-order chi connectivity index (χ1) is 14.6. The number of aromatic amines is 1. The van der Waals surface area contributed by atoms with Gasteiger partial charge in [0.2, 0.25) is 11.8 Å². The molecule has 0 bridgehead atoms. The van der Waals surface area contributed by atoms with E-state index in [1.165, 1.54) is 0 Å². The zero-order chi connectivity index (χ0) is 20.7. The summed E-state index contributed by atoms with van der Waals surface area (Å²) in [5.74, 6) is 1.50. The Morgan fingerprint density at radius 2 is 2.00 bits per heavy atom. The first-order valence-electron chi connectivity index (χ1n) is 9.97. The van der Waals surface area contributed by atoms with Crippen LogP contribution in [0.2, 0.25) is 0 Å². The minimum Gasteiger partial charge on any atom is -0.486 e. The molecule has 1 aromatic heterocycles. The van der Waals surface area contributed by atoms with E-state index in [-0.39, 0.29) is 24.2 Å². The molecule has 2 aliphatic rings. The molecule has 8 nitrogen and oxygen atoms in total. The maximum atomic E-state index is 13.0.